The Labute approximate surface area is 226 Å². The smallest absolute Gasteiger partial charge is 0.285 e. The van der Waals surface area contributed by atoms with E-state index >= 15 is 0 Å². The van der Waals surface area contributed by atoms with Gasteiger partial charge in [0.05, 0.1) is 11.5 Å². The molecule has 1 saturated heterocycles. The molecule has 37 heavy (non-hydrogen) atoms. The van der Waals surface area contributed by atoms with E-state index in [0.717, 1.165) is 33.8 Å². The number of thiocarbonyl (C=S) groups is 1. The van der Waals surface area contributed by atoms with E-state index in [-0.39, 0.29) is 18.4 Å². The molecule has 0 bridgehead atoms. The molecule has 2 aromatic carbocycles. The molecule has 1 aliphatic rings. The molecule has 3 aromatic rings. The Bertz CT molecular complexity index is 1390. The number of hydrogen-bond acceptors (Lipinski definition) is 6. The van der Waals surface area contributed by atoms with Crippen LogP contribution in [-0.2, 0) is 9.59 Å². The van der Waals surface area contributed by atoms with Crippen LogP contribution in [-0.4, -0.2) is 34.0 Å². The Morgan fingerprint density at radius 2 is 1.70 bits per heavy atom. The number of nitrogens with zero attached hydrogens (tertiary/aromatic N) is 2. The monoisotopic (exact) mass is 535 g/mol. The number of hydrogen-bond donors (Lipinski definition) is 1. The number of benzene rings is 2. The van der Waals surface area contributed by atoms with Gasteiger partial charge in [-0.25, -0.2) is 0 Å². The number of carbonyl (C=O) groups is 2. The molecule has 4 rings (SSSR count). The van der Waals surface area contributed by atoms with Crippen LogP contribution in [0.3, 0.4) is 0 Å². The summed E-state index contributed by atoms with van der Waals surface area (Å²) in [7, 11) is 0. The molecule has 0 aliphatic carbocycles. The predicted octanol–water partition coefficient (Wildman–Crippen LogP) is 5.68. The molecule has 0 saturated carbocycles. The van der Waals surface area contributed by atoms with Crippen LogP contribution in [0.5, 0.6) is 11.5 Å². The van der Waals surface area contributed by atoms with Crippen molar-refractivity contribution in [3.63, 3.8) is 0 Å². The molecule has 0 spiro atoms. The predicted molar refractivity (Wildman–Crippen MR) is 153 cm³/mol. The van der Waals surface area contributed by atoms with Crippen LogP contribution in [0.2, 0.25) is 0 Å². The molecule has 1 fully saturated rings. The summed E-state index contributed by atoms with van der Waals surface area (Å²) in [5.41, 5.74) is 5.60. The fourth-order valence-electron chi connectivity index (χ4n) is 3.92. The Kier molecular flexibility index (Phi) is 8.04. The second-order valence-electron chi connectivity index (χ2n) is 8.70. The van der Waals surface area contributed by atoms with Crippen molar-refractivity contribution in [3.05, 3.63) is 81.5 Å². The first-order chi connectivity index (χ1) is 17.7. The van der Waals surface area contributed by atoms with Gasteiger partial charge in [0.1, 0.15) is 0 Å². The highest BCUT2D eigenvalue weighted by molar-refractivity contribution is 8.27. The van der Waals surface area contributed by atoms with Crippen molar-refractivity contribution in [2.45, 2.75) is 34.6 Å². The standard InChI is InChI=1S/C28H29N3O4S2/c1-6-34-24-14-21(15-25-27(33)31(28(36)37-25)30-19(4)8-9-20(30)5)10-12-23(24)35-16-26(32)29-22-11-7-17(2)18(3)13-22/h7-15H,6,16H2,1-5H3,(H,29,32)/b25-15+. The van der Waals surface area contributed by atoms with Crippen molar-refractivity contribution in [3.8, 4) is 11.5 Å². The van der Waals surface area contributed by atoms with Gasteiger partial charge in [-0.2, -0.15) is 5.01 Å². The summed E-state index contributed by atoms with van der Waals surface area (Å²) in [4.78, 5) is 26.2. The molecule has 2 heterocycles. The van der Waals surface area contributed by atoms with Gasteiger partial charge in [0, 0.05) is 17.1 Å². The third-order valence-corrected chi connectivity index (χ3v) is 7.20. The fraction of sp³-hybridized carbons (Fsp3) is 0.250. The fourth-order valence-corrected chi connectivity index (χ4v) is 5.16. The SMILES string of the molecule is CCOc1cc(/C=C2/SC(=S)N(n3c(C)ccc3C)C2=O)ccc1OCC(=O)Nc1ccc(C)c(C)c1. The van der Waals surface area contributed by atoms with Gasteiger partial charge in [0.15, 0.2) is 22.4 Å². The van der Waals surface area contributed by atoms with Gasteiger partial charge < -0.3 is 14.8 Å². The summed E-state index contributed by atoms with van der Waals surface area (Å²) in [6.07, 6.45) is 1.78. The van der Waals surface area contributed by atoms with E-state index in [1.165, 1.54) is 16.8 Å². The molecule has 0 atom stereocenters. The van der Waals surface area contributed by atoms with Gasteiger partial charge >= 0.3 is 0 Å². The molecule has 1 N–H and O–H groups in total. The first-order valence-corrected chi connectivity index (χ1v) is 13.1. The number of carbonyl (C=O) groups excluding carboxylic acids is 2. The zero-order chi connectivity index (χ0) is 26.7. The van der Waals surface area contributed by atoms with Crippen LogP contribution >= 0.6 is 24.0 Å². The lowest BCUT2D eigenvalue weighted by molar-refractivity contribution is -0.118. The lowest BCUT2D eigenvalue weighted by atomic mass is 10.1. The number of nitrogens with one attached hydrogen (secondary N) is 1. The van der Waals surface area contributed by atoms with E-state index in [0.29, 0.717) is 27.3 Å². The van der Waals surface area contributed by atoms with Crippen LogP contribution in [0.25, 0.3) is 6.08 Å². The van der Waals surface area contributed by atoms with Crippen LogP contribution in [0.4, 0.5) is 5.69 Å². The van der Waals surface area contributed by atoms with Gasteiger partial charge in [-0.1, -0.05) is 23.9 Å². The Morgan fingerprint density at radius 1 is 0.973 bits per heavy atom. The topological polar surface area (TPSA) is 72.8 Å². The maximum Gasteiger partial charge on any atom is 0.285 e. The van der Waals surface area contributed by atoms with Crippen molar-refractivity contribution >= 4 is 51.9 Å². The Hall–Kier alpha value is -3.56. The molecule has 0 unspecified atom stereocenters. The van der Waals surface area contributed by atoms with E-state index in [1.807, 2.05) is 75.7 Å². The zero-order valence-electron chi connectivity index (χ0n) is 21.5. The highest BCUT2D eigenvalue weighted by Gasteiger charge is 2.34. The second-order valence-corrected chi connectivity index (χ2v) is 10.4. The van der Waals surface area contributed by atoms with Crippen molar-refractivity contribution in [1.82, 2.24) is 4.68 Å². The van der Waals surface area contributed by atoms with Gasteiger partial charge in [0.2, 0.25) is 0 Å². The molecular weight excluding hydrogens is 506 g/mol. The largest absolute Gasteiger partial charge is 0.490 e. The summed E-state index contributed by atoms with van der Waals surface area (Å²) in [6.45, 7) is 10.0. The Morgan fingerprint density at radius 3 is 2.38 bits per heavy atom. The van der Waals surface area contributed by atoms with Gasteiger partial charge in [-0.15, -0.1) is 0 Å². The van der Waals surface area contributed by atoms with E-state index in [2.05, 4.69) is 5.32 Å². The van der Waals surface area contributed by atoms with E-state index in [4.69, 9.17) is 21.7 Å². The number of amides is 2. The van der Waals surface area contributed by atoms with E-state index < -0.39 is 0 Å². The maximum absolute atomic E-state index is 13.2. The normalized spacial score (nSPS) is 14.4. The summed E-state index contributed by atoms with van der Waals surface area (Å²) in [5, 5.41) is 4.37. The van der Waals surface area contributed by atoms with Crippen LogP contribution < -0.4 is 19.8 Å². The number of aryl methyl sites for hydroxylation is 4. The maximum atomic E-state index is 13.2. The minimum Gasteiger partial charge on any atom is -0.490 e. The van der Waals surface area contributed by atoms with Gasteiger partial charge in [-0.3, -0.25) is 14.3 Å². The average Bonchev–Trinajstić information content (AvgIpc) is 3.32. The second kappa shape index (κ2) is 11.2. The number of rotatable bonds is 8. The van der Waals surface area contributed by atoms with E-state index in [1.54, 1.807) is 18.2 Å². The van der Waals surface area contributed by atoms with Crippen LogP contribution in [0, 0.1) is 27.7 Å². The first-order valence-electron chi connectivity index (χ1n) is 11.9. The summed E-state index contributed by atoms with van der Waals surface area (Å²) < 4.78 is 13.8. The first kappa shape index (κ1) is 26.5. The highest BCUT2D eigenvalue weighted by atomic mass is 32.2. The van der Waals surface area contributed by atoms with Crippen molar-refractivity contribution in [2.75, 3.05) is 23.5 Å². The zero-order valence-corrected chi connectivity index (χ0v) is 23.1. The molecule has 192 valence electrons. The van der Waals surface area contributed by atoms with Gasteiger partial charge in [0.25, 0.3) is 11.8 Å². The van der Waals surface area contributed by atoms with Crippen LogP contribution in [0.15, 0.2) is 53.4 Å². The number of aromatic nitrogens is 1. The highest BCUT2D eigenvalue weighted by Crippen LogP contribution is 2.35. The number of ether oxygens (including phenoxy) is 2. The minimum atomic E-state index is -0.269. The average molecular weight is 536 g/mol. The summed E-state index contributed by atoms with van der Waals surface area (Å²) >= 11 is 6.76. The number of thioether (sulfide) groups is 1. The third kappa shape index (κ3) is 5.89. The molecule has 0 radical (unpaired) electrons. The summed E-state index contributed by atoms with van der Waals surface area (Å²) in [5.74, 6) is 0.482. The van der Waals surface area contributed by atoms with Gasteiger partial charge in [-0.05, 0) is 106 Å². The Balaban J connectivity index is 1.48. The molecule has 9 heteroatoms. The molecule has 1 aliphatic heterocycles. The molecular formula is C28H29N3O4S2. The van der Waals surface area contributed by atoms with Crippen molar-refractivity contribution in [2.24, 2.45) is 0 Å². The van der Waals surface area contributed by atoms with Crippen molar-refractivity contribution in [1.29, 1.82) is 0 Å². The molecule has 2 amide bonds. The molecule has 1 aromatic heterocycles. The number of anilines is 1. The van der Waals surface area contributed by atoms with E-state index in [9.17, 15) is 9.59 Å². The minimum absolute atomic E-state index is 0.166. The molecule has 7 nitrogen and oxygen atoms in total. The lowest BCUT2D eigenvalue weighted by Crippen LogP contribution is -2.39. The third-order valence-electron chi connectivity index (χ3n) is 5.92. The van der Waals surface area contributed by atoms with Crippen molar-refractivity contribution < 1.29 is 19.1 Å². The summed E-state index contributed by atoms with van der Waals surface area (Å²) in [6, 6.07) is 15.0. The quantitative estimate of drug-likeness (QED) is 0.296. The lowest BCUT2D eigenvalue weighted by Gasteiger charge is -2.20. The van der Waals surface area contributed by atoms with Crippen LogP contribution in [0.1, 0.15) is 35.0 Å².